The van der Waals surface area contributed by atoms with Crippen molar-refractivity contribution < 1.29 is 0 Å². The molecule has 1 saturated heterocycles. The summed E-state index contributed by atoms with van der Waals surface area (Å²) in [5, 5.41) is 7.75. The molecular weight excluding hydrogens is 162 g/mol. The van der Waals surface area contributed by atoms with Gasteiger partial charge in [0.1, 0.15) is 0 Å². The smallest absolute Gasteiger partial charge is 0.0525 e. The average Bonchev–Trinajstić information content (AvgIpc) is 2.71. The zero-order chi connectivity index (χ0) is 9.26. The second-order valence-electron chi connectivity index (χ2n) is 3.88. The van der Waals surface area contributed by atoms with E-state index in [1.807, 2.05) is 17.9 Å². The van der Waals surface area contributed by atoms with Gasteiger partial charge in [-0.05, 0) is 38.3 Å². The van der Waals surface area contributed by atoms with Gasteiger partial charge in [0, 0.05) is 18.8 Å². The van der Waals surface area contributed by atoms with Gasteiger partial charge >= 0.3 is 0 Å². The Balaban J connectivity index is 2.04. The largest absolute Gasteiger partial charge is 0.314 e. The second-order valence-corrected chi connectivity index (χ2v) is 3.88. The minimum atomic E-state index is 0.683. The first kappa shape index (κ1) is 8.75. The van der Waals surface area contributed by atoms with E-state index in [2.05, 4.69) is 17.3 Å². The number of aromatic nitrogens is 2. The number of aryl methyl sites for hydroxylation is 1. The van der Waals surface area contributed by atoms with Crippen molar-refractivity contribution in [2.24, 2.45) is 7.05 Å². The molecule has 13 heavy (non-hydrogen) atoms. The van der Waals surface area contributed by atoms with Gasteiger partial charge in [-0.15, -0.1) is 0 Å². The molecule has 0 aliphatic carbocycles. The number of hydrogen-bond acceptors (Lipinski definition) is 2. The van der Waals surface area contributed by atoms with Crippen molar-refractivity contribution in [3.05, 3.63) is 17.5 Å². The van der Waals surface area contributed by atoms with E-state index in [9.17, 15) is 0 Å². The second kappa shape index (κ2) is 3.50. The lowest BCUT2D eigenvalue weighted by Gasteiger charge is -2.08. The zero-order valence-electron chi connectivity index (χ0n) is 8.38. The molecule has 1 unspecified atom stereocenters. The lowest BCUT2D eigenvalue weighted by molar-refractivity contribution is 0.600. The predicted octanol–water partition coefficient (Wildman–Crippen LogP) is 1.02. The summed E-state index contributed by atoms with van der Waals surface area (Å²) in [4.78, 5) is 0. The van der Waals surface area contributed by atoms with Gasteiger partial charge in [0.05, 0.1) is 6.20 Å². The van der Waals surface area contributed by atoms with E-state index in [1.54, 1.807) is 0 Å². The molecule has 3 heteroatoms. The highest BCUT2D eigenvalue weighted by atomic mass is 15.3. The standard InChI is InChI=1S/C10H17N3/c1-8-9(7-12-13(8)2)6-10-4-3-5-11-10/h7,10-11H,3-6H2,1-2H3. The SMILES string of the molecule is Cc1c(CC2CCCN2)cnn1C. The Morgan fingerprint density at radius 3 is 3.08 bits per heavy atom. The molecule has 0 radical (unpaired) electrons. The zero-order valence-corrected chi connectivity index (χ0v) is 8.38. The molecule has 72 valence electrons. The summed E-state index contributed by atoms with van der Waals surface area (Å²) in [5.74, 6) is 0. The number of nitrogens with zero attached hydrogens (tertiary/aromatic N) is 2. The Morgan fingerprint density at radius 2 is 2.54 bits per heavy atom. The van der Waals surface area contributed by atoms with Crippen LogP contribution in [0.25, 0.3) is 0 Å². The van der Waals surface area contributed by atoms with Gasteiger partial charge in [-0.25, -0.2) is 0 Å². The number of rotatable bonds is 2. The highest BCUT2D eigenvalue weighted by Gasteiger charge is 2.16. The third-order valence-electron chi connectivity index (χ3n) is 2.97. The van der Waals surface area contributed by atoms with Crippen molar-refractivity contribution in [2.45, 2.75) is 32.2 Å². The molecule has 1 aromatic heterocycles. The van der Waals surface area contributed by atoms with Crippen molar-refractivity contribution in [1.82, 2.24) is 15.1 Å². The van der Waals surface area contributed by atoms with Crippen LogP contribution in [0.4, 0.5) is 0 Å². The lowest BCUT2D eigenvalue weighted by Crippen LogP contribution is -2.23. The molecule has 3 nitrogen and oxygen atoms in total. The molecule has 1 aromatic rings. The maximum atomic E-state index is 4.25. The Hall–Kier alpha value is -0.830. The van der Waals surface area contributed by atoms with Gasteiger partial charge in [-0.1, -0.05) is 0 Å². The first-order valence-electron chi connectivity index (χ1n) is 4.98. The summed E-state index contributed by atoms with van der Waals surface area (Å²) in [6.45, 7) is 3.32. The van der Waals surface area contributed by atoms with Gasteiger partial charge in [-0.2, -0.15) is 5.10 Å². The van der Waals surface area contributed by atoms with Crippen LogP contribution >= 0.6 is 0 Å². The topological polar surface area (TPSA) is 29.9 Å². The molecule has 0 aromatic carbocycles. The maximum absolute atomic E-state index is 4.25. The average molecular weight is 179 g/mol. The monoisotopic (exact) mass is 179 g/mol. The Labute approximate surface area is 79.1 Å². The van der Waals surface area contributed by atoms with Crippen LogP contribution in [0.3, 0.4) is 0 Å². The summed E-state index contributed by atoms with van der Waals surface area (Å²) in [6, 6.07) is 0.683. The summed E-state index contributed by atoms with van der Waals surface area (Å²) < 4.78 is 1.95. The van der Waals surface area contributed by atoms with E-state index in [1.165, 1.54) is 30.6 Å². The van der Waals surface area contributed by atoms with Crippen LogP contribution in [0.5, 0.6) is 0 Å². The third-order valence-corrected chi connectivity index (χ3v) is 2.97. The number of hydrogen-bond donors (Lipinski definition) is 1. The molecule has 0 bridgehead atoms. The fourth-order valence-corrected chi connectivity index (χ4v) is 1.94. The summed E-state index contributed by atoms with van der Waals surface area (Å²) in [7, 11) is 2.00. The molecular formula is C10H17N3. The molecule has 2 heterocycles. The van der Waals surface area contributed by atoms with Crippen molar-refractivity contribution in [1.29, 1.82) is 0 Å². The molecule has 1 aliphatic heterocycles. The summed E-state index contributed by atoms with van der Waals surface area (Å²) >= 11 is 0. The molecule has 2 rings (SSSR count). The Kier molecular flexibility index (Phi) is 2.36. The fourth-order valence-electron chi connectivity index (χ4n) is 1.94. The Bertz CT molecular complexity index is 284. The number of nitrogens with one attached hydrogen (secondary N) is 1. The molecule has 1 aliphatic rings. The van der Waals surface area contributed by atoms with Crippen LogP contribution in [-0.4, -0.2) is 22.4 Å². The molecule has 1 atom stereocenters. The van der Waals surface area contributed by atoms with Gasteiger partial charge in [0.2, 0.25) is 0 Å². The normalized spacial score (nSPS) is 22.5. The van der Waals surface area contributed by atoms with Crippen molar-refractivity contribution in [3.63, 3.8) is 0 Å². The van der Waals surface area contributed by atoms with Crippen LogP contribution in [0, 0.1) is 6.92 Å². The van der Waals surface area contributed by atoms with Gasteiger partial charge in [-0.3, -0.25) is 4.68 Å². The van der Waals surface area contributed by atoms with E-state index in [0.29, 0.717) is 6.04 Å². The first-order chi connectivity index (χ1) is 6.27. The predicted molar refractivity (Wildman–Crippen MR) is 52.7 cm³/mol. The highest BCUT2D eigenvalue weighted by molar-refractivity contribution is 5.17. The van der Waals surface area contributed by atoms with E-state index >= 15 is 0 Å². The van der Waals surface area contributed by atoms with Gasteiger partial charge in [0.25, 0.3) is 0 Å². The molecule has 0 spiro atoms. The van der Waals surface area contributed by atoms with E-state index in [4.69, 9.17) is 0 Å². The van der Waals surface area contributed by atoms with Gasteiger partial charge in [0.15, 0.2) is 0 Å². The molecule has 0 amide bonds. The first-order valence-corrected chi connectivity index (χ1v) is 4.98. The maximum Gasteiger partial charge on any atom is 0.0525 e. The van der Waals surface area contributed by atoms with Crippen molar-refractivity contribution in [2.75, 3.05) is 6.54 Å². The third kappa shape index (κ3) is 1.75. The molecule has 0 saturated carbocycles. The van der Waals surface area contributed by atoms with Crippen LogP contribution in [0.2, 0.25) is 0 Å². The van der Waals surface area contributed by atoms with Crippen LogP contribution in [0.15, 0.2) is 6.20 Å². The quantitative estimate of drug-likeness (QED) is 0.734. The van der Waals surface area contributed by atoms with Crippen LogP contribution in [0.1, 0.15) is 24.1 Å². The van der Waals surface area contributed by atoms with Crippen LogP contribution in [-0.2, 0) is 13.5 Å². The molecule has 1 fully saturated rings. The van der Waals surface area contributed by atoms with Gasteiger partial charge < -0.3 is 5.32 Å². The summed E-state index contributed by atoms with van der Waals surface area (Å²) in [5.41, 5.74) is 2.69. The summed E-state index contributed by atoms with van der Waals surface area (Å²) in [6.07, 6.45) is 5.77. The van der Waals surface area contributed by atoms with Crippen molar-refractivity contribution >= 4 is 0 Å². The van der Waals surface area contributed by atoms with E-state index in [-0.39, 0.29) is 0 Å². The molecule has 1 N–H and O–H groups in total. The van der Waals surface area contributed by atoms with E-state index in [0.717, 1.165) is 6.42 Å². The van der Waals surface area contributed by atoms with Crippen LogP contribution < -0.4 is 5.32 Å². The minimum Gasteiger partial charge on any atom is -0.314 e. The highest BCUT2D eigenvalue weighted by Crippen LogP contribution is 2.14. The Morgan fingerprint density at radius 1 is 1.69 bits per heavy atom. The lowest BCUT2D eigenvalue weighted by atomic mass is 10.1. The fraction of sp³-hybridized carbons (Fsp3) is 0.700. The minimum absolute atomic E-state index is 0.683. The van der Waals surface area contributed by atoms with Crippen molar-refractivity contribution in [3.8, 4) is 0 Å². The van der Waals surface area contributed by atoms with E-state index < -0.39 is 0 Å².